The van der Waals surface area contributed by atoms with Crippen LogP contribution in [0.1, 0.15) is 57.1 Å². The molecule has 1 aliphatic heterocycles. The molecular formula is C20H33N6+. The highest BCUT2D eigenvalue weighted by Gasteiger charge is 2.34. The first-order valence-electron chi connectivity index (χ1n) is 9.76. The molecule has 1 saturated heterocycles. The van der Waals surface area contributed by atoms with Crippen molar-refractivity contribution >= 4 is 5.69 Å². The maximum atomic E-state index is 4.40. The molecule has 1 aliphatic rings. The summed E-state index contributed by atoms with van der Waals surface area (Å²) in [5.41, 5.74) is 3.99. The molecule has 3 rings (SSSR count). The van der Waals surface area contributed by atoms with Crippen molar-refractivity contribution in [1.82, 2.24) is 20.2 Å². The van der Waals surface area contributed by atoms with Gasteiger partial charge in [-0.25, -0.2) is 4.68 Å². The van der Waals surface area contributed by atoms with Crippen molar-refractivity contribution in [3.05, 3.63) is 35.2 Å². The number of aromatic nitrogens is 4. The van der Waals surface area contributed by atoms with Crippen molar-refractivity contribution in [2.45, 2.75) is 59.5 Å². The molecule has 1 atom stereocenters. The van der Waals surface area contributed by atoms with E-state index in [0.717, 1.165) is 38.4 Å². The summed E-state index contributed by atoms with van der Waals surface area (Å²) >= 11 is 0. The molecule has 6 nitrogen and oxygen atoms in total. The average molecular weight is 358 g/mol. The zero-order chi connectivity index (χ0) is 18.9. The first kappa shape index (κ1) is 18.8. The van der Waals surface area contributed by atoms with E-state index >= 15 is 0 Å². The van der Waals surface area contributed by atoms with Crippen molar-refractivity contribution in [3.8, 4) is 0 Å². The van der Waals surface area contributed by atoms with Gasteiger partial charge in [0.05, 0.1) is 31.7 Å². The lowest BCUT2D eigenvalue weighted by molar-refractivity contribution is -0.933. The Morgan fingerprint density at radius 1 is 1.15 bits per heavy atom. The van der Waals surface area contributed by atoms with Gasteiger partial charge >= 0.3 is 0 Å². The van der Waals surface area contributed by atoms with Crippen LogP contribution in [0.25, 0.3) is 0 Å². The third-order valence-electron chi connectivity index (χ3n) is 5.45. The number of quaternary nitrogens is 1. The molecule has 1 aromatic heterocycles. The van der Waals surface area contributed by atoms with Gasteiger partial charge in [-0.15, -0.1) is 5.10 Å². The van der Waals surface area contributed by atoms with Crippen LogP contribution in [0.4, 0.5) is 5.69 Å². The molecule has 1 N–H and O–H groups in total. The monoisotopic (exact) mass is 357 g/mol. The average Bonchev–Trinajstić information content (AvgIpc) is 3.08. The highest BCUT2D eigenvalue weighted by atomic mass is 15.6. The van der Waals surface area contributed by atoms with E-state index in [-0.39, 0.29) is 5.54 Å². The van der Waals surface area contributed by atoms with Gasteiger partial charge in [-0.05, 0) is 62.2 Å². The molecule has 1 aromatic carbocycles. The fourth-order valence-electron chi connectivity index (χ4n) is 3.99. The third-order valence-corrected chi connectivity index (χ3v) is 5.45. The normalized spacial score (nSPS) is 17.5. The van der Waals surface area contributed by atoms with Crippen LogP contribution in [0.5, 0.6) is 0 Å². The van der Waals surface area contributed by atoms with E-state index in [9.17, 15) is 0 Å². The van der Waals surface area contributed by atoms with Crippen LogP contribution >= 0.6 is 0 Å². The standard InChI is InChI=1S/C20H32N6/c1-7-17(19-21-22-23-26(19)20(4,5)6)24-10-12-25(13-11-24)18-14-15(2)8-9-16(18)3/h8-9,14,17H,7,10-13H2,1-6H3/p+1/t17-/m0/s1. The minimum Gasteiger partial charge on any atom is -0.360 e. The van der Waals surface area contributed by atoms with Gasteiger partial charge < -0.3 is 9.80 Å². The second-order valence-corrected chi connectivity index (χ2v) is 8.52. The summed E-state index contributed by atoms with van der Waals surface area (Å²) in [4.78, 5) is 4.13. The number of hydrogen-bond acceptors (Lipinski definition) is 4. The summed E-state index contributed by atoms with van der Waals surface area (Å²) in [6.45, 7) is 17.5. The minimum absolute atomic E-state index is 0.0911. The van der Waals surface area contributed by atoms with Crippen molar-refractivity contribution < 1.29 is 4.90 Å². The zero-order valence-corrected chi connectivity index (χ0v) is 17.1. The Morgan fingerprint density at radius 2 is 1.85 bits per heavy atom. The number of nitrogens with one attached hydrogen (secondary N) is 1. The van der Waals surface area contributed by atoms with E-state index in [4.69, 9.17) is 0 Å². The zero-order valence-electron chi connectivity index (χ0n) is 17.1. The van der Waals surface area contributed by atoms with E-state index in [0.29, 0.717) is 6.04 Å². The van der Waals surface area contributed by atoms with Gasteiger partial charge in [0.1, 0.15) is 6.04 Å². The largest absolute Gasteiger partial charge is 0.360 e. The molecule has 142 valence electrons. The first-order valence-corrected chi connectivity index (χ1v) is 9.76. The third kappa shape index (κ3) is 3.75. The molecule has 0 aliphatic carbocycles. The smallest absolute Gasteiger partial charge is 0.209 e. The molecule has 0 amide bonds. The number of tetrazole rings is 1. The molecule has 6 heteroatoms. The molecule has 0 saturated carbocycles. The number of nitrogens with zero attached hydrogens (tertiary/aromatic N) is 5. The van der Waals surface area contributed by atoms with Crippen LogP contribution < -0.4 is 9.80 Å². The first-order chi connectivity index (χ1) is 12.3. The van der Waals surface area contributed by atoms with Gasteiger partial charge in [0, 0.05) is 12.1 Å². The Hall–Kier alpha value is -1.95. The van der Waals surface area contributed by atoms with E-state index in [2.05, 4.69) is 80.2 Å². The van der Waals surface area contributed by atoms with Crippen molar-refractivity contribution in [3.63, 3.8) is 0 Å². The fourth-order valence-corrected chi connectivity index (χ4v) is 3.99. The molecule has 0 radical (unpaired) electrons. The van der Waals surface area contributed by atoms with Crippen LogP contribution in [0, 0.1) is 13.8 Å². The Bertz CT molecular complexity index is 737. The fraction of sp³-hybridized carbons (Fsp3) is 0.650. The van der Waals surface area contributed by atoms with E-state index in [1.807, 2.05) is 4.68 Å². The van der Waals surface area contributed by atoms with Gasteiger partial charge in [-0.3, -0.25) is 0 Å². The highest BCUT2D eigenvalue weighted by molar-refractivity contribution is 5.55. The van der Waals surface area contributed by atoms with Crippen LogP contribution in [0.2, 0.25) is 0 Å². The number of benzene rings is 1. The molecule has 2 aromatic rings. The van der Waals surface area contributed by atoms with Gasteiger partial charge in [-0.2, -0.15) is 0 Å². The molecule has 26 heavy (non-hydrogen) atoms. The number of aryl methyl sites for hydroxylation is 2. The number of hydrogen-bond donors (Lipinski definition) is 1. The van der Waals surface area contributed by atoms with Gasteiger partial charge in [0.2, 0.25) is 5.82 Å². The maximum Gasteiger partial charge on any atom is 0.209 e. The van der Waals surface area contributed by atoms with Gasteiger partial charge in [0.15, 0.2) is 0 Å². The van der Waals surface area contributed by atoms with Crippen molar-refractivity contribution in [1.29, 1.82) is 0 Å². The predicted octanol–water partition coefficient (Wildman–Crippen LogP) is 1.90. The van der Waals surface area contributed by atoms with Crippen LogP contribution in [-0.2, 0) is 5.54 Å². The second kappa shape index (κ2) is 7.35. The van der Waals surface area contributed by atoms with E-state index in [1.54, 1.807) is 4.90 Å². The molecular weight excluding hydrogens is 324 g/mol. The van der Waals surface area contributed by atoms with Crippen molar-refractivity contribution in [2.24, 2.45) is 0 Å². The van der Waals surface area contributed by atoms with Crippen molar-refractivity contribution in [2.75, 3.05) is 31.1 Å². The number of anilines is 1. The maximum absolute atomic E-state index is 4.40. The minimum atomic E-state index is -0.0911. The summed E-state index contributed by atoms with van der Waals surface area (Å²) in [7, 11) is 0. The summed E-state index contributed by atoms with van der Waals surface area (Å²) in [6, 6.07) is 7.10. The van der Waals surface area contributed by atoms with Gasteiger partial charge in [0.25, 0.3) is 0 Å². The predicted molar refractivity (Wildman–Crippen MR) is 105 cm³/mol. The second-order valence-electron chi connectivity index (χ2n) is 8.52. The van der Waals surface area contributed by atoms with E-state index < -0.39 is 0 Å². The Morgan fingerprint density at radius 3 is 2.46 bits per heavy atom. The molecule has 0 bridgehead atoms. The highest BCUT2D eigenvalue weighted by Crippen LogP contribution is 2.22. The lowest BCUT2D eigenvalue weighted by atomic mass is 10.1. The number of rotatable bonds is 4. The lowest BCUT2D eigenvalue weighted by Crippen LogP contribution is -3.15. The molecule has 1 fully saturated rings. The van der Waals surface area contributed by atoms with Crippen LogP contribution in [-0.4, -0.2) is 46.4 Å². The Kier molecular flexibility index (Phi) is 5.32. The SMILES string of the molecule is CC[C@@H](c1nnnn1C(C)(C)C)[NH+]1CCN(c2cc(C)ccc2C)CC1. The summed E-state index contributed by atoms with van der Waals surface area (Å²) in [5.74, 6) is 1.02. The van der Waals surface area contributed by atoms with Crippen LogP contribution in [0.15, 0.2) is 18.2 Å². The topological polar surface area (TPSA) is 51.3 Å². The Labute approximate surface area is 157 Å². The number of piperazine rings is 1. The molecule has 0 unspecified atom stereocenters. The molecule has 0 spiro atoms. The van der Waals surface area contributed by atoms with Crippen LogP contribution in [0.3, 0.4) is 0 Å². The summed E-state index contributed by atoms with van der Waals surface area (Å²) in [6.07, 6.45) is 1.05. The van der Waals surface area contributed by atoms with E-state index in [1.165, 1.54) is 16.8 Å². The summed E-state index contributed by atoms with van der Waals surface area (Å²) in [5, 5.41) is 12.6. The lowest BCUT2D eigenvalue weighted by Gasteiger charge is -2.38. The Balaban J connectivity index is 1.74. The molecule has 2 heterocycles. The van der Waals surface area contributed by atoms with Gasteiger partial charge in [-0.1, -0.05) is 19.1 Å². The summed E-state index contributed by atoms with van der Waals surface area (Å²) < 4.78 is 2.01. The quantitative estimate of drug-likeness (QED) is 0.908.